The van der Waals surface area contributed by atoms with Crippen LogP contribution in [0, 0.1) is 0 Å². The molecule has 3 aliphatic heterocycles. The van der Waals surface area contributed by atoms with Crippen LogP contribution in [0.15, 0.2) is 142 Å². The first-order valence-electron chi connectivity index (χ1n) is 15.5. The molecule has 12 rings (SSSR count). The van der Waals surface area contributed by atoms with Gasteiger partial charge in [-0.25, -0.2) is 0 Å². The number of fused-ring (bicyclic) bond motifs is 15. The van der Waals surface area contributed by atoms with E-state index in [1.54, 1.807) is 0 Å². The summed E-state index contributed by atoms with van der Waals surface area (Å²) in [5, 5.41) is 7.47. The molecule has 0 atom stereocenters. The zero-order valence-electron chi connectivity index (χ0n) is 23.9. The zero-order chi connectivity index (χ0) is 29.0. The van der Waals surface area contributed by atoms with Crippen LogP contribution in [0.2, 0.25) is 0 Å². The van der Waals surface area contributed by atoms with Crippen molar-refractivity contribution in [3.63, 3.8) is 0 Å². The maximum absolute atomic E-state index is 6.85. The molecule has 0 saturated carbocycles. The summed E-state index contributed by atoms with van der Waals surface area (Å²) in [4.78, 5) is 5.12. The smallest absolute Gasteiger partial charge is 0.333 e. The molecule has 45 heavy (non-hydrogen) atoms. The Hall–Kier alpha value is -5.39. The van der Waals surface area contributed by atoms with Crippen LogP contribution < -0.4 is 15.8 Å². The second-order valence-corrected chi connectivity index (χ2v) is 13.5. The monoisotopic (exact) mass is 588 g/mol. The van der Waals surface area contributed by atoms with Crippen LogP contribution in [0.5, 0.6) is 0 Å². The van der Waals surface area contributed by atoms with Gasteiger partial charge in [-0.1, -0.05) is 109 Å². The molecule has 3 nitrogen and oxygen atoms in total. The van der Waals surface area contributed by atoms with E-state index < -0.39 is 0 Å². The van der Waals surface area contributed by atoms with E-state index >= 15 is 0 Å². The first-order valence-corrected chi connectivity index (χ1v) is 16.3. The van der Waals surface area contributed by atoms with Gasteiger partial charge in [-0.15, -0.1) is 0 Å². The van der Waals surface area contributed by atoms with Gasteiger partial charge in [0, 0.05) is 64.6 Å². The van der Waals surface area contributed by atoms with Gasteiger partial charge in [0.1, 0.15) is 11.2 Å². The summed E-state index contributed by atoms with van der Waals surface area (Å²) < 4.78 is 9.51. The summed E-state index contributed by atoms with van der Waals surface area (Å²) in [7, 11) is 0. The minimum Gasteiger partial charge on any atom is -0.455 e. The van der Waals surface area contributed by atoms with Crippen LogP contribution in [0.3, 0.4) is 0 Å². The average Bonchev–Trinajstić information content (AvgIpc) is 3.64. The average molecular weight is 589 g/mol. The van der Waals surface area contributed by atoms with Crippen molar-refractivity contribution < 1.29 is 4.42 Å². The van der Waals surface area contributed by atoms with E-state index in [1.165, 1.54) is 86.9 Å². The molecular formula is C40H21BN2OS. The lowest BCUT2D eigenvalue weighted by molar-refractivity contribution is 0.670. The first-order chi connectivity index (χ1) is 22.3. The van der Waals surface area contributed by atoms with Gasteiger partial charge in [-0.05, 0) is 46.6 Å². The third kappa shape index (κ3) is 2.62. The summed E-state index contributed by atoms with van der Waals surface area (Å²) in [6.07, 6.45) is 0. The Bertz CT molecular complexity index is 2830. The fraction of sp³-hybridized carbons (Fsp3) is 0. The molecule has 9 aromatic rings. The van der Waals surface area contributed by atoms with Crippen LogP contribution in [0.25, 0.3) is 65.6 Å². The second-order valence-electron chi connectivity index (χ2n) is 12.4. The van der Waals surface area contributed by atoms with Gasteiger partial charge in [-0.3, -0.25) is 0 Å². The summed E-state index contributed by atoms with van der Waals surface area (Å²) in [6, 6.07) is 47.0. The Morgan fingerprint density at radius 1 is 0.578 bits per heavy atom. The summed E-state index contributed by atoms with van der Waals surface area (Å²) in [6.45, 7) is -0.00891. The molecule has 0 amide bonds. The van der Waals surface area contributed by atoms with E-state index in [0.717, 1.165) is 16.6 Å². The molecule has 0 fully saturated rings. The lowest BCUT2D eigenvalue weighted by Gasteiger charge is -2.43. The first kappa shape index (κ1) is 23.1. The van der Waals surface area contributed by atoms with Crippen molar-refractivity contribution in [2.24, 2.45) is 0 Å². The van der Waals surface area contributed by atoms with Crippen molar-refractivity contribution in [1.29, 1.82) is 0 Å². The number of anilines is 3. The van der Waals surface area contributed by atoms with Gasteiger partial charge >= 0.3 is 6.85 Å². The highest BCUT2D eigenvalue weighted by Crippen LogP contribution is 2.55. The van der Waals surface area contributed by atoms with Crippen LogP contribution in [-0.4, -0.2) is 11.3 Å². The van der Waals surface area contributed by atoms with Gasteiger partial charge < -0.3 is 13.8 Å². The lowest BCUT2D eigenvalue weighted by atomic mass is 9.45. The fourth-order valence-electron chi connectivity index (χ4n) is 8.64. The number of rotatable bonds is 0. The van der Waals surface area contributed by atoms with Crippen LogP contribution in [-0.2, 0) is 0 Å². The molecule has 0 aliphatic carbocycles. The van der Waals surface area contributed by atoms with Crippen LogP contribution >= 0.6 is 11.8 Å². The van der Waals surface area contributed by atoms with Crippen molar-refractivity contribution >= 4 is 101 Å². The largest absolute Gasteiger partial charge is 0.455 e. The Labute approximate surface area is 262 Å². The van der Waals surface area contributed by atoms with Crippen molar-refractivity contribution in [1.82, 2.24) is 4.48 Å². The standard InChI is InChI=1S/C40H21BN2OS/c1-2-10-23-22(9-1)19-20-26-25-12-7-13-27-35-36-31(21-28-24-11-3-5-16-32(24)44-40(28)35)42-30-15-4-6-17-33(30)45-34-18-8-14-29(39(34)42)41(36)43(37(23)26)38(25)27/h1-21H. The summed E-state index contributed by atoms with van der Waals surface area (Å²) in [5.74, 6) is 0. The number of hydrogen-bond acceptors (Lipinski definition) is 3. The van der Waals surface area contributed by atoms with Gasteiger partial charge in [0.05, 0.1) is 11.4 Å². The molecular weight excluding hydrogens is 567 g/mol. The van der Waals surface area contributed by atoms with Crippen molar-refractivity contribution in [2.45, 2.75) is 9.79 Å². The molecule has 0 radical (unpaired) electrons. The highest BCUT2D eigenvalue weighted by Gasteiger charge is 2.46. The maximum atomic E-state index is 6.85. The predicted molar refractivity (Wildman–Crippen MR) is 189 cm³/mol. The molecule has 0 N–H and O–H groups in total. The van der Waals surface area contributed by atoms with E-state index in [2.05, 4.69) is 137 Å². The normalized spacial score (nSPS) is 14.0. The Morgan fingerprint density at radius 3 is 2.33 bits per heavy atom. The fourth-order valence-corrected chi connectivity index (χ4v) is 9.74. The van der Waals surface area contributed by atoms with Crippen LogP contribution in [0.1, 0.15) is 0 Å². The molecule has 7 aromatic carbocycles. The number of furan rings is 1. The summed E-state index contributed by atoms with van der Waals surface area (Å²) in [5.41, 5.74) is 13.4. The SMILES string of the molecule is c1ccc2c(c1)Sc1cccc3c1N2c1cc2c(oc4ccccc42)c2c1B3n1c3c-2cccc3c2ccc3ccccc3c21. The van der Waals surface area contributed by atoms with E-state index in [9.17, 15) is 0 Å². The highest BCUT2D eigenvalue weighted by molar-refractivity contribution is 7.99. The van der Waals surface area contributed by atoms with E-state index in [-0.39, 0.29) is 6.85 Å². The molecule has 5 heterocycles. The van der Waals surface area contributed by atoms with E-state index in [1.807, 2.05) is 11.8 Å². The quantitative estimate of drug-likeness (QED) is 0.165. The molecule has 2 aromatic heterocycles. The number of nitrogens with zero attached hydrogens (tertiary/aromatic N) is 2. The minimum atomic E-state index is -0.00891. The van der Waals surface area contributed by atoms with Gasteiger partial charge in [-0.2, -0.15) is 0 Å². The Balaban J connectivity index is 1.37. The number of para-hydroxylation sites is 4. The van der Waals surface area contributed by atoms with E-state index in [4.69, 9.17) is 4.42 Å². The molecule has 0 unspecified atom stereocenters. The number of hydrogen-bond donors (Lipinski definition) is 0. The highest BCUT2D eigenvalue weighted by atomic mass is 32.2. The van der Waals surface area contributed by atoms with Gasteiger partial charge in [0.2, 0.25) is 0 Å². The molecule has 5 heteroatoms. The van der Waals surface area contributed by atoms with Crippen molar-refractivity contribution in [2.75, 3.05) is 4.90 Å². The minimum absolute atomic E-state index is 0.00891. The molecule has 0 bridgehead atoms. The third-order valence-corrected chi connectivity index (χ3v) is 11.4. The second kappa shape index (κ2) is 7.81. The van der Waals surface area contributed by atoms with Crippen molar-refractivity contribution in [3.05, 3.63) is 127 Å². The molecule has 3 aliphatic rings. The maximum Gasteiger partial charge on any atom is 0.333 e. The van der Waals surface area contributed by atoms with Gasteiger partial charge in [0.25, 0.3) is 0 Å². The summed E-state index contributed by atoms with van der Waals surface area (Å²) >= 11 is 1.88. The van der Waals surface area contributed by atoms with E-state index in [0.29, 0.717) is 0 Å². The zero-order valence-corrected chi connectivity index (χ0v) is 24.7. The van der Waals surface area contributed by atoms with Gasteiger partial charge in [0.15, 0.2) is 0 Å². The predicted octanol–water partition coefficient (Wildman–Crippen LogP) is 9.73. The number of benzene rings is 7. The van der Waals surface area contributed by atoms with Crippen molar-refractivity contribution in [3.8, 4) is 11.1 Å². The molecule has 206 valence electrons. The number of aromatic nitrogens is 1. The Morgan fingerprint density at radius 2 is 1.36 bits per heavy atom. The van der Waals surface area contributed by atoms with Crippen LogP contribution in [0.4, 0.5) is 17.1 Å². The third-order valence-electron chi connectivity index (χ3n) is 10.3. The molecule has 0 saturated heterocycles. The molecule has 0 spiro atoms. The topological polar surface area (TPSA) is 21.3 Å². The lowest BCUT2D eigenvalue weighted by Crippen LogP contribution is -2.57. The Kier molecular flexibility index (Phi) is 4.00.